The number of guanidine groups is 1. The second-order valence-corrected chi connectivity index (χ2v) is 4.49. The smallest absolute Gasteiger partial charge is 0.251 e. The molecule has 6 heteroatoms. The van der Waals surface area contributed by atoms with Crippen molar-refractivity contribution >= 4 is 23.5 Å². The highest BCUT2D eigenvalue weighted by atomic mass is 35.5. The maximum atomic E-state index is 11.8. The van der Waals surface area contributed by atoms with Crippen molar-refractivity contribution in [2.45, 2.75) is 13.8 Å². The quantitative estimate of drug-likeness (QED) is 0.425. The fourth-order valence-electron chi connectivity index (χ4n) is 1.55. The van der Waals surface area contributed by atoms with E-state index < -0.39 is 0 Å². The van der Waals surface area contributed by atoms with Crippen LogP contribution in [0.2, 0.25) is 5.02 Å². The van der Waals surface area contributed by atoms with Crippen LogP contribution in [0.15, 0.2) is 29.3 Å². The van der Waals surface area contributed by atoms with Crippen LogP contribution in [0.3, 0.4) is 0 Å². The standard InChI is InChI=1S/C14H21ClN4O/c1-3-16-14(17-4-2)19-10-9-18-13(20)11-5-7-12(15)8-6-11/h5-8H,3-4,9-10H2,1-2H3,(H,18,20)(H2,16,17,19). The molecule has 0 saturated carbocycles. The van der Waals surface area contributed by atoms with Gasteiger partial charge in [0.25, 0.3) is 5.91 Å². The molecule has 0 aliphatic carbocycles. The highest BCUT2D eigenvalue weighted by Crippen LogP contribution is 2.09. The molecule has 20 heavy (non-hydrogen) atoms. The Kier molecular flexibility index (Phi) is 7.50. The number of hydrogen-bond donors (Lipinski definition) is 3. The highest BCUT2D eigenvalue weighted by molar-refractivity contribution is 6.30. The third-order valence-electron chi connectivity index (χ3n) is 2.46. The average Bonchev–Trinajstić information content (AvgIpc) is 2.44. The van der Waals surface area contributed by atoms with Gasteiger partial charge < -0.3 is 16.0 Å². The summed E-state index contributed by atoms with van der Waals surface area (Å²) in [5, 5.41) is 9.67. The zero-order chi connectivity index (χ0) is 14.8. The highest BCUT2D eigenvalue weighted by Gasteiger charge is 2.03. The van der Waals surface area contributed by atoms with Crippen LogP contribution in [-0.4, -0.2) is 38.0 Å². The van der Waals surface area contributed by atoms with E-state index in [1.807, 2.05) is 13.8 Å². The minimum atomic E-state index is -0.120. The Labute approximate surface area is 124 Å². The van der Waals surface area contributed by atoms with Gasteiger partial charge in [-0.05, 0) is 38.1 Å². The van der Waals surface area contributed by atoms with Crippen molar-refractivity contribution in [2.24, 2.45) is 4.99 Å². The predicted molar refractivity (Wildman–Crippen MR) is 83.4 cm³/mol. The number of carbonyl (C=O) groups excluding carboxylic acids is 1. The van der Waals surface area contributed by atoms with E-state index >= 15 is 0 Å². The number of halogens is 1. The van der Waals surface area contributed by atoms with Crippen LogP contribution in [-0.2, 0) is 0 Å². The Morgan fingerprint density at radius 1 is 1.10 bits per heavy atom. The van der Waals surface area contributed by atoms with E-state index in [4.69, 9.17) is 11.6 Å². The summed E-state index contributed by atoms with van der Waals surface area (Å²) < 4.78 is 0. The van der Waals surface area contributed by atoms with E-state index in [1.54, 1.807) is 24.3 Å². The lowest BCUT2D eigenvalue weighted by Crippen LogP contribution is -2.37. The molecule has 1 aromatic carbocycles. The van der Waals surface area contributed by atoms with Gasteiger partial charge in [0.2, 0.25) is 0 Å². The molecule has 3 N–H and O–H groups in total. The molecule has 0 spiro atoms. The van der Waals surface area contributed by atoms with Crippen LogP contribution < -0.4 is 16.0 Å². The maximum absolute atomic E-state index is 11.8. The molecule has 0 unspecified atom stereocenters. The molecular weight excluding hydrogens is 276 g/mol. The lowest BCUT2D eigenvalue weighted by Gasteiger charge is -2.09. The van der Waals surface area contributed by atoms with Crippen LogP contribution in [0, 0.1) is 0 Å². The van der Waals surface area contributed by atoms with E-state index in [2.05, 4.69) is 20.9 Å². The summed E-state index contributed by atoms with van der Waals surface area (Å²) in [4.78, 5) is 16.2. The van der Waals surface area contributed by atoms with Crippen molar-refractivity contribution in [1.82, 2.24) is 16.0 Å². The molecule has 1 amide bonds. The summed E-state index contributed by atoms with van der Waals surface area (Å²) in [5.74, 6) is 0.640. The summed E-state index contributed by atoms with van der Waals surface area (Å²) in [6.45, 7) is 6.65. The predicted octanol–water partition coefficient (Wildman–Crippen LogP) is 1.64. The van der Waals surface area contributed by atoms with Gasteiger partial charge in [-0.25, -0.2) is 0 Å². The number of amides is 1. The topological polar surface area (TPSA) is 65.5 Å². The van der Waals surface area contributed by atoms with Crippen molar-refractivity contribution in [3.05, 3.63) is 34.9 Å². The van der Waals surface area contributed by atoms with Crippen molar-refractivity contribution in [3.8, 4) is 0 Å². The zero-order valence-electron chi connectivity index (χ0n) is 11.9. The van der Waals surface area contributed by atoms with Crippen LogP contribution in [0.5, 0.6) is 0 Å². The first-order chi connectivity index (χ1) is 9.67. The lowest BCUT2D eigenvalue weighted by atomic mass is 10.2. The van der Waals surface area contributed by atoms with Crippen molar-refractivity contribution < 1.29 is 4.79 Å². The van der Waals surface area contributed by atoms with Gasteiger partial charge in [0.05, 0.1) is 6.54 Å². The number of carbonyl (C=O) groups is 1. The first kappa shape index (κ1) is 16.3. The van der Waals surface area contributed by atoms with E-state index in [0.29, 0.717) is 23.7 Å². The molecule has 110 valence electrons. The first-order valence-corrected chi connectivity index (χ1v) is 7.11. The van der Waals surface area contributed by atoms with Gasteiger partial charge in [-0.2, -0.15) is 0 Å². The Morgan fingerprint density at radius 2 is 1.70 bits per heavy atom. The van der Waals surface area contributed by atoms with Gasteiger partial charge in [0.15, 0.2) is 5.96 Å². The molecule has 0 fully saturated rings. The monoisotopic (exact) mass is 296 g/mol. The van der Waals surface area contributed by atoms with E-state index in [-0.39, 0.29) is 5.91 Å². The second-order valence-electron chi connectivity index (χ2n) is 4.05. The summed E-state index contributed by atoms with van der Waals surface area (Å²) in [6, 6.07) is 6.79. The molecule has 1 aromatic rings. The Balaban J connectivity index is 2.37. The van der Waals surface area contributed by atoms with Gasteiger partial charge >= 0.3 is 0 Å². The molecule has 0 atom stereocenters. The SMILES string of the molecule is CCNC(=NCCNC(=O)c1ccc(Cl)cc1)NCC. The number of benzene rings is 1. The van der Waals surface area contributed by atoms with Gasteiger partial charge in [-0.1, -0.05) is 11.6 Å². The number of nitrogens with one attached hydrogen (secondary N) is 3. The maximum Gasteiger partial charge on any atom is 0.251 e. The largest absolute Gasteiger partial charge is 0.357 e. The van der Waals surface area contributed by atoms with Gasteiger partial charge in [-0.15, -0.1) is 0 Å². The number of nitrogens with zero attached hydrogens (tertiary/aromatic N) is 1. The molecule has 0 bridgehead atoms. The number of rotatable bonds is 6. The van der Waals surface area contributed by atoms with Gasteiger partial charge in [-0.3, -0.25) is 9.79 Å². The Morgan fingerprint density at radius 3 is 2.25 bits per heavy atom. The van der Waals surface area contributed by atoms with Crippen molar-refractivity contribution in [3.63, 3.8) is 0 Å². The molecule has 0 heterocycles. The fourth-order valence-corrected chi connectivity index (χ4v) is 1.68. The fraction of sp³-hybridized carbons (Fsp3) is 0.429. The molecule has 1 rings (SSSR count). The molecule has 0 saturated heterocycles. The Bertz CT molecular complexity index is 437. The first-order valence-electron chi connectivity index (χ1n) is 6.73. The van der Waals surface area contributed by atoms with E-state index in [1.165, 1.54) is 0 Å². The van der Waals surface area contributed by atoms with Crippen molar-refractivity contribution in [1.29, 1.82) is 0 Å². The number of aliphatic imine (C=N–C) groups is 1. The molecular formula is C14H21ClN4O. The Hall–Kier alpha value is -1.75. The average molecular weight is 297 g/mol. The van der Waals surface area contributed by atoms with Crippen LogP contribution >= 0.6 is 11.6 Å². The minimum Gasteiger partial charge on any atom is -0.357 e. The molecule has 0 radical (unpaired) electrons. The summed E-state index contributed by atoms with van der Waals surface area (Å²) >= 11 is 5.77. The van der Waals surface area contributed by atoms with E-state index in [0.717, 1.165) is 19.0 Å². The third kappa shape index (κ3) is 5.93. The number of hydrogen-bond acceptors (Lipinski definition) is 2. The van der Waals surface area contributed by atoms with Gasteiger partial charge in [0, 0.05) is 30.2 Å². The molecule has 0 aromatic heterocycles. The van der Waals surface area contributed by atoms with Crippen LogP contribution in [0.4, 0.5) is 0 Å². The lowest BCUT2D eigenvalue weighted by molar-refractivity contribution is 0.0955. The summed E-state index contributed by atoms with van der Waals surface area (Å²) in [7, 11) is 0. The molecule has 0 aliphatic rings. The molecule has 0 aliphatic heterocycles. The second kappa shape index (κ2) is 9.20. The van der Waals surface area contributed by atoms with Crippen LogP contribution in [0.25, 0.3) is 0 Å². The molecule has 5 nitrogen and oxygen atoms in total. The summed E-state index contributed by atoms with van der Waals surface area (Å²) in [6.07, 6.45) is 0. The van der Waals surface area contributed by atoms with E-state index in [9.17, 15) is 4.79 Å². The minimum absolute atomic E-state index is 0.120. The zero-order valence-corrected chi connectivity index (χ0v) is 12.6. The van der Waals surface area contributed by atoms with Crippen molar-refractivity contribution in [2.75, 3.05) is 26.2 Å². The summed E-state index contributed by atoms with van der Waals surface area (Å²) in [5.41, 5.74) is 0.594. The normalized spacial score (nSPS) is 9.75. The van der Waals surface area contributed by atoms with Gasteiger partial charge in [0.1, 0.15) is 0 Å². The van der Waals surface area contributed by atoms with Crippen LogP contribution in [0.1, 0.15) is 24.2 Å². The third-order valence-corrected chi connectivity index (χ3v) is 2.71.